The maximum absolute atomic E-state index is 5.75. The predicted molar refractivity (Wildman–Crippen MR) is 85.4 cm³/mol. The van der Waals surface area contributed by atoms with Crippen molar-refractivity contribution < 1.29 is 9.47 Å². The number of rotatable bonds is 3. The third kappa shape index (κ3) is 3.20. The lowest BCUT2D eigenvalue weighted by Crippen LogP contribution is -2.28. The van der Waals surface area contributed by atoms with E-state index in [9.17, 15) is 0 Å². The Morgan fingerprint density at radius 3 is 2.33 bits per heavy atom. The van der Waals surface area contributed by atoms with Crippen LogP contribution in [0.5, 0.6) is 11.5 Å². The number of hydrogen-bond donors (Lipinski definition) is 2. The molecule has 5 heteroatoms. The normalized spacial score (nSPS) is 15.3. The SMILES string of the molecule is NNC(c1ccc(Br)cc1)c1ccc2c(c1)OCCCO2. The van der Waals surface area contributed by atoms with Gasteiger partial charge in [0.15, 0.2) is 11.5 Å². The lowest BCUT2D eigenvalue weighted by atomic mass is 9.99. The van der Waals surface area contributed by atoms with E-state index in [4.69, 9.17) is 15.3 Å². The maximum Gasteiger partial charge on any atom is 0.161 e. The summed E-state index contributed by atoms with van der Waals surface area (Å²) in [6.45, 7) is 1.37. The minimum absolute atomic E-state index is 0.0877. The van der Waals surface area contributed by atoms with E-state index < -0.39 is 0 Å². The van der Waals surface area contributed by atoms with Gasteiger partial charge in [0.2, 0.25) is 0 Å². The lowest BCUT2D eigenvalue weighted by Gasteiger charge is -2.18. The van der Waals surface area contributed by atoms with Gasteiger partial charge in [-0.2, -0.15) is 0 Å². The summed E-state index contributed by atoms with van der Waals surface area (Å²) in [4.78, 5) is 0. The molecule has 0 saturated heterocycles. The van der Waals surface area contributed by atoms with Crippen LogP contribution in [0, 0.1) is 0 Å². The number of fused-ring (bicyclic) bond motifs is 1. The van der Waals surface area contributed by atoms with Crippen LogP contribution in [0.15, 0.2) is 46.9 Å². The molecule has 1 atom stereocenters. The number of hydrogen-bond acceptors (Lipinski definition) is 4. The number of nitrogens with one attached hydrogen (secondary N) is 1. The molecule has 1 aliphatic rings. The molecule has 0 aliphatic carbocycles. The first-order valence-corrected chi connectivity index (χ1v) is 7.68. The molecule has 3 N–H and O–H groups in total. The van der Waals surface area contributed by atoms with Crippen LogP contribution >= 0.6 is 15.9 Å². The summed E-state index contributed by atoms with van der Waals surface area (Å²) >= 11 is 3.44. The van der Waals surface area contributed by atoms with Gasteiger partial charge >= 0.3 is 0 Å². The first kappa shape index (κ1) is 14.4. The zero-order valence-corrected chi connectivity index (χ0v) is 13.1. The highest BCUT2D eigenvalue weighted by Crippen LogP contribution is 2.34. The zero-order chi connectivity index (χ0) is 14.7. The fraction of sp³-hybridized carbons (Fsp3) is 0.250. The van der Waals surface area contributed by atoms with E-state index in [1.807, 2.05) is 42.5 Å². The molecular weight excluding hydrogens is 332 g/mol. The van der Waals surface area contributed by atoms with Crippen LogP contribution in [0.3, 0.4) is 0 Å². The Morgan fingerprint density at radius 2 is 1.62 bits per heavy atom. The average Bonchev–Trinajstić information content (AvgIpc) is 2.75. The minimum atomic E-state index is -0.0877. The van der Waals surface area contributed by atoms with Crippen molar-refractivity contribution in [3.63, 3.8) is 0 Å². The Morgan fingerprint density at radius 1 is 0.952 bits per heavy atom. The van der Waals surface area contributed by atoms with Gasteiger partial charge in [-0.05, 0) is 35.4 Å². The summed E-state index contributed by atoms with van der Waals surface area (Å²) in [6, 6.07) is 13.9. The highest BCUT2D eigenvalue weighted by molar-refractivity contribution is 9.10. The third-order valence-corrected chi connectivity index (χ3v) is 4.00. The molecule has 2 aromatic carbocycles. The number of nitrogens with two attached hydrogens (primary N) is 1. The van der Waals surface area contributed by atoms with E-state index >= 15 is 0 Å². The maximum atomic E-state index is 5.75. The van der Waals surface area contributed by atoms with Gasteiger partial charge in [-0.3, -0.25) is 5.84 Å². The first-order valence-electron chi connectivity index (χ1n) is 6.89. The molecule has 1 aliphatic heterocycles. The monoisotopic (exact) mass is 348 g/mol. The topological polar surface area (TPSA) is 56.5 Å². The van der Waals surface area contributed by atoms with E-state index in [2.05, 4.69) is 21.4 Å². The third-order valence-electron chi connectivity index (χ3n) is 3.47. The zero-order valence-electron chi connectivity index (χ0n) is 11.5. The number of ether oxygens (including phenoxy) is 2. The van der Waals surface area contributed by atoms with Gasteiger partial charge in [0.25, 0.3) is 0 Å². The van der Waals surface area contributed by atoms with Crippen LogP contribution in [0.2, 0.25) is 0 Å². The van der Waals surface area contributed by atoms with Gasteiger partial charge in [0, 0.05) is 10.9 Å². The molecule has 0 aromatic heterocycles. The van der Waals surface area contributed by atoms with E-state index in [1.165, 1.54) is 0 Å². The Labute approximate surface area is 132 Å². The van der Waals surface area contributed by atoms with Crippen LogP contribution in [-0.4, -0.2) is 13.2 Å². The van der Waals surface area contributed by atoms with Crippen LogP contribution < -0.4 is 20.7 Å². The van der Waals surface area contributed by atoms with Crippen molar-refractivity contribution in [3.05, 3.63) is 58.1 Å². The quantitative estimate of drug-likeness (QED) is 0.660. The molecule has 3 rings (SSSR count). The molecule has 0 fully saturated rings. The highest BCUT2D eigenvalue weighted by Gasteiger charge is 2.17. The molecule has 2 aromatic rings. The number of hydrazine groups is 1. The molecular formula is C16H17BrN2O2. The largest absolute Gasteiger partial charge is 0.490 e. The van der Waals surface area contributed by atoms with Crippen LogP contribution in [0.4, 0.5) is 0 Å². The summed E-state index contributed by atoms with van der Waals surface area (Å²) in [5.41, 5.74) is 5.00. The fourth-order valence-corrected chi connectivity index (χ4v) is 2.66. The molecule has 4 nitrogen and oxygen atoms in total. The van der Waals surface area contributed by atoms with Crippen LogP contribution in [0.25, 0.3) is 0 Å². The molecule has 1 heterocycles. The van der Waals surface area contributed by atoms with Gasteiger partial charge in [-0.15, -0.1) is 0 Å². The van der Waals surface area contributed by atoms with E-state index in [-0.39, 0.29) is 6.04 Å². The smallest absolute Gasteiger partial charge is 0.161 e. The van der Waals surface area contributed by atoms with Crippen molar-refractivity contribution in [3.8, 4) is 11.5 Å². The fourth-order valence-electron chi connectivity index (χ4n) is 2.40. The summed E-state index contributed by atoms with van der Waals surface area (Å²) in [6.07, 6.45) is 0.898. The Kier molecular flexibility index (Phi) is 4.43. The molecule has 0 bridgehead atoms. The summed E-state index contributed by atoms with van der Waals surface area (Å²) in [7, 11) is 0. The van der Waals surface area contributed by atoms with Crippen molar-refractivity contribution in [1.29, 1.82) is 0 Å². The molecule has 21 heavy (non-hydrogen) atoms. The van der Waals surface area contributed by atoms with Crippen LogP contribution in [0.1, 0.15) is 23.6 Å². The Bertz CT molecular complexity index is 616. The van der Waals surface area contributed by atoms with Gasteiger partial charge in [0.05, 0.1) is 19.3 Å². The number of benzene rings is 2. The van der Waals surface area contributed by atoms with Crippen molar-refractivity contribution in [2.24, 2.45) is 5.84 Å². The predicted octanol–water partition coefficient (Wildman–Crippen LogP) is 3.16. The van der Waals surface area contributed by atoms with E-state index in [1.54, 1.807) is 0 Å². The highest BCUT2D eigenvalue weighted by atomic mass is 79.9. The molecule has 0 spiro atoms. The van der Waals surface area contributed by atoms with Crippen molar-refractivity contribution in [2.75, 3.05) is 13.2 Å². The van der Waals surface area contributed by atoms with Crippen molar-refractivity contribution in [1.82, 2.24) is 5.43 Å². The van der Waals surface area contributed by atoms with Gasteiger partial charge in [-0.25, -0.2) is 5.43 Å². The molecule has 0 radical (unpaired) electrons. The van der Waals surface area contributed by atoms with E-state index in [0.29, 0.717) is 13.2 Å². The molecule has 0 amide bonds. The Balaban J connectivity index is 1.93. The molecule has 0 saturated carbocycles. The van der Waals surface area contributed by atoms with Gasteiger partial charge < -0.3 is 9.47 Å². The van der Waals surface area contributed by atoms with Gasteiger partial charge in [0.1, 0.15) is 0 Å². The van der Waals surface area contributed by atoms with E-state index in [0.717, 1.165) is 33.5 Å². The summed E-state index contributed by atoms with van der Waals surface area (Å²) in [5.74, 6) is 7.32. The first-order chi connectivity index (χ1) is 10.3. The van der Waals surface area contributed by atoms with Crippen LogP contribution in [-0.2, 0) is 0 Å². The average molecular weight is 349 g/mol. The lowest BCUT2D eigenvalue weighted by molar-refractivity contribution is 0.297. The second-order valence-corrected chi connectivity index (χ2v) is 5.82. The van der Waals surface area contributed by atoms with Gasteiger partial charge in [-0.1, -0.05) is 34.1 Å². The summed E-state index contributed by atoms with van der Waals surface area (Å²) in [5, 5.41) is 0. The molecule has 110 valence electrons. The summed E-state index contributed by atoms with van der Waals surface area (Å²) < 4.78 is 12.4. The molecule has 1 unspecified atom stereocenters. The standard InChI is InChI=1S/C16H17BrN2O2/c17-13-5-2-11(3-6-13)16(19-18)12-4-7-14-15(10-12)21-9-1-8-20-14/h2-7,10,16,19H,1,8-9,18H2. The Hall–Kier alpha value is -1.56. The second kappa shape index (κ2) is 6.47. The number of halogens is 1. The van der Waals surface area contributed by atoms with Crippen molar-refractivity contribution >= 4 is 15.9 Å². The second-order valence-electron chi connectivity index (χ2n) is 4.91. The minimum Gasteiger partial charge on any atom is -0.490 e. The van der Waals surface area contributed by atoms with Crippen molar-refractivity contribution in [2.45, 2.75) is 12.5 Å².